The quantitative estimate of drug-likeness (QED) is 0.893. The van der Waals surface area contributed by atoms with Crippen molar-refractivity contribution in [1.29, 1.82) is 0 Å². The van der Waals surface area contributed by atoms with Crippen LogP contribution in [0.15, 0.2) is 21.2 Å². The highest BCUT2D eigenvalue weighted by atomic mass is 79.9. The Bertz CT molecular complexity index is 322. The molecule has 0 aromatic carbocycles. The lowest BCUT2D eigenvalue weighted by Gasteiger charge is -2.17. The predicted octanol–water partition coefficient (Wildman–Crippen LogP) is 1.35. The third kappa shape index (κ3) is 2.85. The van der Waals surface area contributed by atoms with E-state index in [2.05, 4.69) is 15.9 Å². The van der Waals surface area contributed by atoms with E-state index in [1.54, 1.807) is 20.0 Å². The summed E-state index contributed by atoms with van der Waals surface area (Å²) in [7, 11) is 1.70. The molecular weight excluding hydrogens is 248 g/mol. The van der Waals surface area contributed by atoms with Gasteiger partial charge in [-0.25, -0.2) is 0 Å². The smallest absolute Gasteiger partial charge is 0.239 e. The minimum absolute atomic E-state index is 0.0995. The van der Waals surface area contributed by atoms with Gasteiger partial charge in [-0.1, -0.05) is 0 Å². The molecular formula is C9H13BrN2O2. The molecule has 1 aromatic heterocycles. The molecule has 0 saturated heterocycles. The fourth-order valence-corrected chi connectivity index (χ4v) is 1.44. The van der Waals surface area contributed by atoms with Crippen LogP contribution in [0.3, 0.4) is 0 Å². The van der Waals surface area contributed by atoms with E-state index in [9.17, 15) is 4.79 Å². The standard InChI is InChI=1S/C9H13BrN2O2/c1-6(11)9(13)12(2)5-7-3-4-8(10)14-7/h3-4,6H,5,11H2,1-2H3/t6-/m1/s1. The lowest BCUT2D eigenvalue weighted by atomic mass is 10.3. The molecule has 1 amide bonds. The highest BCUT2D eigenvalue weighted by Crippen LogP contribution is 2.15. The maximum Gasteiger partial charge on any atom is 0.239 e. The van der Waals surface area contributed by atoms with Crippen molar-refractivity contribution >= 4 is 21.8 Å². The molecule has 78 valence electrons. The third-order valence-electron chi connectivity index (χ3n) is 1.79. The molecule has 0 spiro atoms. The Labute approximate surface area is 91.2 Å². The summed E-state index contributed by atoms with van der Waals surface area (Å²) < 4.78 is 5.93. The highest BCUT2D eigenvalue weighted by molar-refractivity contribution is 9.10. The summed E-state index contributed by atoms with van der Waals surface area (Å²) in [5.74, 6) is 0.630. The lowest BCUT2D eigenvalue weighted by Crippen LogP contribution is -2.39. The Balaban J connectivity index is 2.57. The Morgan fingerprint density at radius 2 is 2.36 bits per heavy atom. The van der Waals surface area contributed by atoms with E-state index in [1.165, 1.54) is 4.90 Å². The van der Waals surface area contributed by atoms with Crippen molar-refractivity contribution in [2.24, 2.45) is 5.73 Å². The average Bonchev–Trinajstić information content (AvgIpc) is 2.49. The third-order valence-corrected chi connectivity index (χ3v) is 2.21. The maximum atomic E-state index is 11.4. The molecule has 14 heavy (non-hydrogen) atoms. The number of amides is 1. The second-order valence-corrected chi connectivity index (χ2v) is 3.97. The molecule has 0 bridgehead atoms. The number of carbonyl (C=O) groups excluding carboxylic acids is 1. The van der Waals surface area contributed by atoms with E-state index in [1.807, 2.05) is 6.07 Å². The van der Waals surface area contributed by atoms with Crippen LogP contribution < -0.4 is 5.73 Å². The lowest BCUT2D eigenvalue weighted by molar-refractivity contribution is -0.131. The number of likely N-dealkylation sites (N-methyl/N-ethyl adjacent to an activating group) is 1. The number of hydrogen-bond acceptors (Lipinski definition) is 3. The normalized spacial score (nSPS) is 12.6. The van der Waals surface area contributed by atoms with E-state index >= 15 is 0 Å². The van der Waals surface area contributed by atoms with Crippen molar-refractivity contribution in [3.05, 3.63) is 22.6 Å². The van der Waals surface area contributed by atoms with E-state index in [0.717, 1.165) is 5.76 Å². The largest absolute Gasteiger partial charge is 0.452 e. The number of rotatable bonds is 3. The Morgan fingerprint density at radius 3 is 2.79 bits per heavy atom. The summed E-state index contributed by atoms with van der Waals surface area (Å²) in [6.45, 7) is 2.10. The molecule has 0 saturated carbocycles. The zero-order valence-corrected chi connectivity index (χ0v) is 9.74. The van der Waals surface area contributed by atoms with E-state index < -0.39 is 6.04 Å². The molecule has 0 fully saturated rings. The molecule has 0 aliphatic rings. The second kappa shape index (κ2) is 4.61. The van der Waals surface area contributed by atoms with Crippen LogP contribution in [0.4, 0.5) is 0 Å². The number of furan rings is 1. The van der Waals surface area contributed by atoms with Gasteiger partial charge in [-0.15, -0.1) is 0 Å². The van der Waals surface area contributed by atoms with Gasteiger partial charge in [0, 0.05) is 7.05 Å². The number of nitrogens with zero attached hydrogens (tertiary/aromatic N) is 1. The van der Waals surface area contributed by atoms with Gasteiger partial charge < -0.3 is 15.1 Å². The van der Waals surface area contributed by atoms with Crippen LogP contribution >= 0.6 is 15.9 Å². The molecule has 0 radical (unpaired) electrons. The van der Waals surface area contributed by atoms with Crippen LogP contribution in [0.25, 0.3) is 0 Å². The van der Waals surface area contributed by atoms with Gasteiger partial charge in [0.2, 0.25) is 5.91 Å². The van der Waals surface area contributed by atoms with Gasteiger partial charge in [-0.05, 0) is 35.0 Å². The van der Waals surface area contributed by atoms with E-state index in [0.29, 0.717) is 11.2 Å². The Morgan fingerprint density at radius 1 is 1.71 bits per heavy atom. The molecule has 0 aliphatic carbocycles. The van der Waals surface area contributed by atoms with Crippen LogP contribution in [0, 0.1) is 0 Å². The van der Waals surface area contributed by atoms with Crippen LogP contribution in [0.5, 0.6) is 0 Å². The first kappa shape index (κ1) is 11.3. The van der Waals surface area contributed by atoms with Crippen molar-refractivity contribution in [2.75, 3.05) is 7.05 Å². The van der Waals surface area contributed by atoms with Crippen LogP contribution in [-0.2, 0) is 11.3 Å². The number of nitrogens with two attached hydrogens (primary N) is 1. The predicted molar refractivity (Wildman–Crippen MR) is 56.5 cm³/mol. The first-order valence-corrected chi connectivity index (χ1v) is 5.04. The van der Waals surface area contributed by atoms with Gasteiger partial charge in [0.25, 0.3) is 0 Å². The summed E-state index contributed by atoms with van der Waals surface area (Å²) in [6.07, 6.45) is 0. The summed E-state index contributed by atoms with van der Waals surface area (Å²) in [4.78, 5) is 12.9. The number of carbonyl (C=O) groups is 1. The monoisotopic (exact) mass is 260 g/mol. The molecule has 0 aliphatic heterocycles. The Hall–Kier alpha value is -0.810. The van der Waals surface area contributed by atoms with Gasteiger partial charge in [0.15, 0.2) is 4.67 Å². The van der Waals surface area contributed by atoms with Crippen LogP contribution in [0.1, 0.15) is 12.7 Å². The summed E-state index contributed by atoms with van der Waals surface area (Å²) >= 11 is 3.19. The summed E-state index contributed by atoms with van der Waals surface area (Å²) in [6, 6.07) is 3.13. The molecule has 1 atom stereocenters. The summed E-state index contributed by atoms with van der Waals surface area (Å²) in [5.41, 5.74) is 5.46. The van der Waals surface area contributed by atoms with Gasteiger partial charge in [-0.3, -0.25) is 4.79 Å². The van der Waals surface area contributed by atoms with Crippen LogP contribution in [0.2, 0.25) is 0 Å². The number of halogens is 1. The fourth-order valence-electron chi connectivity index (χ4n) is 1.10. The number of hydrogen-bond donors (Lipinski definition) is 1. The Kier molecular flexibility index (Phi) is 3.71. The first-order chi connectivity index (χ1) is 6.50. The van der Waals surface area contributed by atoms with Gasteiger partial charge in [0.1, 0.15) is 5.76 Å². The van der Waals surface area contributed by atoms with Crippen LogP contribution in [-0.4, -0.2) is 23.9 Å². The molecule has 4 nitrogen and oxygen atoms in total. The van der Waals surface area contributed by atoms with Gasteiger partial charge >= 0.3 is 0 Å². The van der Waals surface area contributed by atoms with Crippen molar-refractivity contribution in [3.63, 3.8) is 0 Å². The maximum absolute atomic E-state index is 11.4. The zero-order valence-electron chi connectivity index (χ0n) is 8.16. The minimum atomic E-state index is -0.474. The molecule has 5 heteroatoms. The molecule has 0 unspecified atom stereocenters. The molecule has 2 N–H and O–H groups in total. The molecule has 1 heterocycles. The van der Waals surface area contributed by atoms with Crippen molar-refractivity contribution in [1.82, 2.24) is 4.90 Å². The molecule has 1 aromatic rings. The van der Waals surface area contributed by atoms with E-state index in [-0.39, 0.29) is 5.91 Å². The summed E-state index contributed by atoms with van der Waals surface area (Å²) in [5, 5.41) is 0. The second-order valence-electron chi connectivity index (χ2n) is 3.19. The topological polar surface area (TPSA) is 59.5 Å². The minimum Gasteiger partial charge on any atom is -0.452 e. The molecule has 1 rings (SSSR count). The van der Waals surface area contributed by atoms with E-state index in [4.69, 9.17) is 10.2 Å². The first-order valence-electron chi connectivity index (χ1n) is 4.25. The average molecular weight is 261 g/mol. The van der Waals surface area contributed by atoms with Crippen molar-refractivity contribution in [3.8, 4) is 0 Å². The van der Waals surface area contributed by atoms with Crippen molar-refractivity contribution in [2.45, 2.75) is 19.5 Å². The van der Waals surface area contributed by atoms with Gasteiger partial charge in [0.05, 0.1) is 12.6 Å². The SMILES string of the molecule is C[C@@H](N)C(=O)N(C)Cc1ccc(Br)o1. The zero-order chi connectivity index (χ0) is 10.7. The highest BCUT2D eigenvalue weighted by Gasteiger charge is 2.14. The fraction of sp³-hybridized carbons (Fsp3) is 0.444. The van der Waals surface area contributed by atoms with Gasteiger partial charge in [-0.2, -0.15) is 0 Å². The van der Waals surface area contributed by atoms with Crippen molar-refractivity contribution < 1.29 is 9.21 Å².